The van der Waals surface area contributed by atoms with Crippen LogP contribution in [0.4, 0.5) is 4.79 Å². The van der Waals surface area contributed by atoms with Crippen LogP contribution >= 0.6 is 7.92 Å². The zero-order valence-corrected chi connectivity index (χ0v) is 14.9. The summed E-state index contributed by atoms with van der Waals surface area (Å²) in [5, 5.41) is 2.42. The van der Waals surface area contributed by atoms with Crippen molar-refractivity contribution in [1.82, 2.24) is 5.32 Å². The van der Waals surface area contributed by atoms with Crippen molar-refractivity contribution in [3.8, 4) is 5.63 Å². The van der Waals surface area contributed by atoms with Crippen LogP contribution in [0.1, 0.15) is 17.5 Å². The molecule has 0 aliphatic carbocycles. The number of alkyl carbamates (subject to hydrolysis) is 1. The summed E-state index contributed by atoms with van der Waals surface area (Å²) in [7, 11) is -0.354. The molecule has 0 aromatic heterocycles. The molecule has 0 bridgehead atoms. The number of hydrogen-bond acceptors (Lipinski definition) is 5. The molecule has 6 nitrogen and oxygen atoms in total. The summed E-state index contributed by atoms with van der Waals surface area (Å²) in [5.74, 6) is -0.651. The van der Waals surface area contributed by atoms with Gasteiger partial charge in [-0.3, -0.25) is 0 Å². The zero-order valence-electron chi connectivity index (χ0n) is 14.0. The van der Waals surface area contributed by atoms with E-state index in [1.807, 2.05) is 60.7 Å². The first-order valence-electron chi connectivity index (χ1n) is 7.92. The number of hydrogen-bond donors (Lipinski definition) is 1. The zero-order chi connectivity index (χ0) is 18.6. The molecule has 0 fully saturated rings. The molecule has 1 N–H and O–H groups in total. The molecular weight excluding hydrogens is 353 g/mol. The molecule has 0 spiro atoms. The van der Waals surface area contributed by atoms with E-state index in [1.165, 1.54) is 0 Å². The van der Waals surface area contributed by atoms with Crippen molar-refractivity contribution in [2.24, 2.45) is 0 Å². The van der Waals surface area contributed by atoms with Crippen LogP contribution in [0.3, 0.4) is 0 Å². The van der Waals surface area contributed by atoms with Crippen molar-refractivity contribution < 1.29 is 23.6 Å². The van der Waals surface area contributed by atoms with E-state index in [2.05, 4.69) is 10.9 Å². The molecule has 0 saturated carbocycles. The predicted octanol–water partition coefficient (Wildman–Crippen LogP) is 3.67. The monoisotopic (exact) mass is 371 g/mol. The maximum atomic E-state index is 12.2. The third kappa shape index (κ3) is 6.98. The molecule has 1 amide bonds. The van der Waals surface area contributed by atoms with Crippen molar-refractivity contribution in [2.75, 3.05) is 0 Å². The number of benzene rings is 2. The van der Waals surface area contributed by atoms with Gasteiger partial charge in [0.15, 0.2) is 0 Å². The molecule has 134 valence electrons. The summed E-state index contributed by atoms with van der Waals surface area (Å²) in [5.41, 5.74) is 4.09. The first-order valence-corrected chi connectivity index (χ1v) is 8.73. The van der Waals surface area contributed by atoms with E-state index in [-0.39, 0.29) is 27.6 Å². The van der Waals surface area contributed by atoms with E-state index < -0.39 is 18.1 Å². The number of esters is 1. The molecule has 0 aliphatic rings. The second-order valence-electron chi connectivity index (χ2n) is 5.31. The van der Waals surface area contributed by atoms with Crippen molar-refractivity contribution in [3.63, 3.8) is 0 Å². The minimum absolute atomic E-state index is 0.0564. The standard InChI is InChI=1S/C19H18NO5P/c21-18(24-13-15-7-3-1-4-8-15)17(11-12-26-23)20-19(22)25-14-16-9-5-2-6-10-16/h1-10,17H,11,13-14H2,(H,20,22). The van der Waals surface area contributed by atoms with Crippen molar-refractivity contribution in [3.05, 3.63) is 71.8 Å². The Bertz CT molecular complexity index is 821. The van der Waals surface area contributed by atoms with Gasteiger partial charge in [-0.1, -0.05) is 0 Å². The average Bonchev–Trinajstić information content (AvgIpc) is 2.69. The van der Waals surface area contributed by atoms with Crippen LogP contribution in [0, 0.1) is 5.63 Å². The molecule has 2 aromatic rings. The Morgan fingerprint density at radius 2 is 1.46 bits per heavy atom. The Hall–Kier alpha value is -2.81. The van der Waals surface area contributed by atoms with Crippen LogP contribution in [-0.4, -0.2) is 18.1 Å². The third-order valence-corrected chi connectivity index (χ3v) is 3.68. The molecule has 2 aromatic carbocycles. The molecule has 1 unspecified atom stereocenters. The summed E-state index contributed by atoms with van der Waals surface area (Å²) >= 11 is 0. The normalized spacial score (nSPS) is 10.9. The van der Waals surface area contributed by atoms with E-state index in [0.717, 1.165) is 11.1 Å². The van der Waals surface area contributed by atoms with E-state index in [0.29, 0.717) is 0 Å². The predicted molar refractivity (Wildman–Crippen MR) is 95.9 cm³/mol. The summed E-state index contributed by atoms with van der Waals surface area (Å²) in [4.78, 5) is 24.1. The fourth-order valence-electron chi connectivity index (χ4n) is 2.06. The topological polar surface area (TPSA) is 81.7 Å². The van der Waals surface area contributed by atoms with Gasteiger partial charge in [0.2, 0.25) is 0 Å². The van der Waals surface area contributed by atoms with Gasteiger partial charge >= 0.3 is 152 Å². The summed E-state index contributed by atoms with van der Waals surface area (Å²) in [6.45, 7) is 0.150. The van der Waals surface area contributed by atoms with Crippen LogP contribution in [0.25, 0.3) is 0 Å². The Morgan fingerprint density at radius 3 is 2.00 bits per heavy atom. The average molecular weight is 371 g/mol. The number of nitrogens with one attached hydrogen (secondary N) is 1. The molecule has 0 aliphatic heterocycles. The Morgan fingerprint density at radius 1 is 0.923 bits per heavy atom. The fourth-order valence-corrected chi connectivity index (χ4v) is 2.32. The second kappa shape index (κ2) is 10.9. The Balaban J connectivity index is 1.88. The quantitative estimate of drug-likeness (QED) is 0.593. The summed E-state index contributed by atoms with van der Waals surface area (Å²) in [6, 6.07) is 17.3. The molecule has 0 radical (unpaired) electrons. The number of carbonyl (C=O) groups is 2. The van der Waals surface area contributed by atoms with Crippen molar-refractivity contribution >= 4 is 20.0 Å². The van der Waals surface area contributed by atoms with Crippen LogP contribution < -0.4 is 5.32 Å². The van der Waals surface area contributed by atoms with Gasteiger partial charge in [-0.15, -0.1) is 0 Å². The minimum atomic E-state index is -1.02. The number of amides is 1. The maximum absolute atomic E-state index is 12.2. The van der Waals surface area contributed by atoms with Gasteiger partial charge in [-0.05, 0) is 0 Å². The molecule has 1 atom stereocenters. The van der Waals surface area contributed by atoms with Crippen LogP contribution in [0.15, 0.2) is 60.7 Å². The summed E-state index contributed by atoms with van der Waals surface area (Å²) < 4.78 is 20.9. The van der Waals surface area contributed by atoms with Crippen molar-refractivity contribution in [1.29, 1.82) is 0 Å². The molecule has 0 saturated heterocycles. The van der Waals surface area contributed by atoms with Gasteiger partial charge in [0.05, 0.1) is 0 Å². The van der Waals surface area contributed by atoms with E-state index in [1.54, 1.807) is 0 Å². The SMILES string of the molecule is O=P#CCC(NC(=O)OCc1ccccc1)C(=O)OCc1ccccc1. The Kier molecular flexibility index (Phi) is 8.20. The van der Waals surface area contributed by atoms with Gasteiger partial charge in [0.25, 0.3) is 0 Å². The first-order chi connectivity index (χ1) is 12.7. The van der Waals surface area contributed by atoms with Gasteiger partial charge in [0.1, 0.15) is 0 Å². The van der Waals surface area contributed by atoms with Crippen LogP contribution in [-0.2, 0) is 32.0 Å². The van der Waals surface area contributed by atoms with Gasteiger partial charge < -0.3 is 0 Å². The van der Waals surface area contributed by atoms with Gasteiger partial charge in [-0.25, -0.2) is 0 Å². The molecule has 2 rings (SSSR count). The molecule has 26 heavy (non-hydrogen) atoms. The van der Waals surface area contributed by atoms with E-state index >= 15 is 0 Å². The number of carbonyl (C=O) groups excluding carboxylic acids is 2. The number of ether oxygens (including phenoxy) is 2. The van der Waals surface area contributed by atoms with Gasteiger partial charge in [0, 0.05) is 0 Å². The molecular formula is C19H18NO5P. The van der Waals surface area contributed by atoms with Gasteiger partial charge in [-0.2, -0.15) is 0 Å². The van der Waals surface area contributed by atoms with E-state index in [9.17, 15) is 14.2 Å². The fraction of sp³-hybridized carbons (Fsp3) is 0.211. The second-order valence-corrected chi connectivity index (χ2v) is 5.80. The van der Waals surface area contributed by atoms with Crippen LogP contribution in [0.2, 0.25) is 0 Å². The summed E-state index contributed by atoms with van der Waals surface area (Å²) in [6.07, 6.45) is -0.820. The number of rotatable bonds is 7. The molecule has 0 heterocycles. The van der Waals surface area contributed by atoms with E-state index in [4.69, 9.17) is 9.47 Å². The van der Waals surface area contributed by atoms with Crippen molar-refractivity contribution in [2.45, 2.75) is 25.7 Å². The molecule has 7 heteroatoms. The first kappa shape index (κ1) is 19.5. The Labute approximate surface area is 152 Å². The van der Waals surface area contributed by atoms with Crippen LogP contribution in [0.5, 0.6) is 0 Å². The third-order valence-electron chi connectivity index (χ3n) is 3.37.